The smallest absolute Gasteiger partial charge is 0.319 e. The van der Waals surface area contributed by atoms with Crippen molar-refractivity contribution in [3.63, 3.8) is 0 Å². The predicted octanol–water partition coefficient (Wildman–Crippen LogP) is 6.50. The fourth-order valence-electron chi connectivity index (χ4n) is 7.99. The monoisotopic (exact) mass is 650 g/mol. The van der Waals surface area contributed by atoms with Gasteiger partial charge < -0.3 is 15.4 Å². The normalized spacial score (nSPS) is 28.3. The molecular weight excluding hydrogens is 615 g/mol. The zero-order valence-electron chi connectivity index (χ0n) is 27.4. The Labute approximate surface area is 271 Å². The first-order valence-electron chi connectivity index (χ1n) is 17.0. The van der Waals surface area contributed by atoms with Crippen LogP contribution < -0.4 is 15.4 Å². The summed E-state index contributed by atoms with van der Waals surface area (Å²) in [7, 11) is 0. The SMILES string of the molecule is [2H]C([2H])(Oc1nc(N2CCCCC[C@@H]3[C@@H](F)[C@@H]32)c2cnc(-c3cc(N)cc4cc(F)c(F)c(C#C)c34)c(F)c2n1)[C@@]12CCCN1C[C@H](F)C2. The molecule has 3 aliphatic heterocycles. The zero-order chi connectivity index (χ0) is 34.4. The summed E-state index contributed by atoms with van der Waals surface area (Å²) in [6, 6.07) is 2.62. The molecule has 47 heavy (non-hydrogen) atoms. The van der Waals surface area contributed by atoms with Crippen molar-refractivity contribution in [2.24, 2.45) is 5.92 Å². The van der Waals surface area contributed by atoms with Gasteiger partial charge in [-0.05, 0) is 55.8 Å². The van der Waals surface area contributed by atoms with Crippen LogP contribution in [-0.4, -0.2) is 70.0 Å². The summed E-state index contributed by atoms with van der Waals surface area (Å²) in [6.07, 6.45) is 8.60. The minimum Gasteiger partial charge on any atom is -0.461 e. The van der Waals surface area contributed by atoms with Gasteiger partial charge in [-0.1, -0.05) is 18.8 Å². The van der Waals surface area contributed by atoms with Gasteiger partial charge in [-0.3, -0.25) is 9.88 Å². The van der Waals surface area contributed by atoms with Crippen LogP contribution in [0.25, 0.3) is 32.9 Å². The lowest BCUT2D eigenvalue weighted by Crippen LogP contribution is -2.43. The van der Waals surface area contributed by atoms with Crippen molar-refractivity contribution < 1.29 is 29.4 Å². The van der Waals surface area contributed by atoms with Crippen molar-refractivity contribution in [1.29, 1.82) is 0 Å². The van der Waals surface area contributed by atoms with Crippen LogP contribution in [0.5, 0.6) is 6.01 Å². The van der Waals surface area contributed by atoms with Gasteiger partial charge in [0.2, 0.25) is 0 Å². The van der Waals surface area contributed by atoms with Crippen LogP contribution in [0.2, 0.25) is 0 Å². The molecule has 12 heteroatoms. The number of ether oxygens (including phenoxy) is 1. The molecule has 1 saturated carbocycles. The van der Waals surface area contributed by atoms with Crippen molar-refractivity contribution in [3.8, 4) is 29.6 Å². The summed E-state index contributed by atoms with van der Waals surface area (Å²) >= 11 is 0. The molecule has 244 valence electrons. The standard InChI is InChI=1S/C35H33F5N6O/c1-2-21-26-18(12-25(37)27(21)38)11-20(41)13-23(26)30-29(40)31-24(15-42-30)33(46-10-5-3-4-7-22-28(39)32(22)46)44-34(43-31)47-17-35-8-6-9-45(35)16-19(36)14-35/h1,11-13,15,19,22,28,32H,3-10,14,16-17,41H2/t19-,22-,28-,32-,35+/m1/s1/i17D2. The summed E-state index contributed by atoms with van der Waals surface area (Å²) in [5.74, 6) is -1.43. The zero-order valence-corrected chi connectivity index (χ0v) is 25.4. The Kier molecular flexibility index (Phi) is 6.62. The third-order valence-corrected chi connectivity index (χ3v) is 10.2. The number of hydrogen-bond acceptors (Lipinski definition) is 7. The van der Waals surface area contributed by atoms with Crippen LogP contribution >= 0.6 is 0 Å². The maximum Gasteiger partial charge on any atom is 0.319 e. The van der Waals surface area contributed by atoms with E-state index in [2.05, 4.69) is 20.9 Å². The summed E-state index contributed by atoms with van der Waals surface area (Å²) in [5.41, 5.74) is 3.85. The van der Waals surface area contributed by atoms with Crippen LogP contribution in [0.4, 0.5) is 33.5 Å². The van der Waals surface area contributed by atoms with Crippen molar-refractivity contribution in [3.05, 3.63) is 47.4 Å². The van der Waals surface area contributed by atoms with Crippen LogP contribution in [0.1, 0.15) is 53.3 Å². The van der Waals surface area contributed by atoms with E-state index in [-0.39, 0.29) is 63.3 Å². The molecule has 4 fully saturated rings. The first-order chi connectivity index (χ1) is 23.4. The molecule has 4 aromatic rings. The summed E-state index contributed by atoms with van der Waals surface area (Å²) < 4.78 is 100. The van der Waals surface area contributed by atoms with Gasteiger partial charge in [0.05, 0.1) is 25.3 Å². The average Bonchev–Trinajstić information content (AvgIpc) is 3.30. The molecular formula is C35H33F5N6O. The van der Waals surface area contributed by atoms with Crippen molar-refractivity contribution in [2.45, 2.75) is 68.9 Å². The van der Waals surface area contributed by atoms with Crippen molar-refractivity contribution >= 4 is 33.2 Å². The number of nitrogen functional groups attached to an aromatic ring is 1. The number of nitrogens with two attached hydrogens (primary N) is 1. The molecule has 0 spiro atoms. The molecule has 0 radical (unpaired) electrons. The summed E-state index contributed by atoms with van der Waals surface area (Å²) in [5, 5.41) is 0.262. The third kappa shape index (κ3) is 4.84. The van der Waals surface area contributed by atoms with Crippen LogP contribution in [-0.2, 0) is 0 Å². The van der Waals surface area contributed by atoms with Crippen LogP contribution in [0, 0.1) is 35.7 Å². The van der Waals surface area contributed by atoms with E-state index in [1.165, 1.54) is 18.3 Å². The number of alkyl halides is 2. The predicted molar refractivity (Wildman–Crippen MR) is 169 cm³/mol. The Morgan fingerprint density at radius 1 is 1.09 bits per heavy atom. The third-order valence-electron chi connectivity index (χ3n) is 10.2. The molecule has 0 unspecified atom stereocenters. The van der Waals surface area contributed by atoms with Gasteiger partial charge in [0.15, 0.2) is 17.5 Å². The minimum absolute atomic E-state index is 0.00994. The van der Waals surface area contributed by atoms with Crippen LogP contribution in [0.15, 0.2) is 24.4 Å². The van der Waals surface area contributed by atoms with E-state index in [0.717, 1.165) is 18.9 Å². The van der Waals surface area contributed by atoms with Gasteiger partial charge in [0.1, 0.15) is 35.9 Å². The van der Waals surface area contributed by atoms with E-state index in [9.17, 15) is 13.2 Å². The molecule has 2 aromatic carbocycles. The number of fused-ring (bicyclic) bond motifs is 4. The van der Waals surface area contributed by atoms with E-state index < -0.39 is 59.5 Å². The molecule has 4 aliphatic rings. The van der Waals surface area contributed by atoms with E-state index in [1.807, 2.05) is 0 Å². The highest BCUT2D eigenvalue weighted by molar-refractivity contribution is 6.04. The van der Waals surface area contributed by atoms with E-state index in [1.54, 1.807) is 9.80 Å². The highest BCUT2D eigenvalue weighted by atomic mass is 19.2. The van der Waals surface area contributed by atoms with Gasteiger partial charge >= 0.3 is 6.01 Å². The second kappa shape index (κ2) is 11.2. The first-order valence-corrected chi connectivity index (χ1v) is 16.0. The first kappa shape index (κ1) is 27.8. The maximum absolute atomic E-state index is 17.0. The molecule has 5 heterocycles. The number of halogens is 5. The lowest BCUT2D eigenvalue weighted by molar-refractivity contribution is 0.107. The van der Waals surface area contributed by atoms with E-state index in [4.69, 9.17) is 19.6 Å². The molecule has 2 aromatic heterocycles. The largest absolute Gasteiger partial charge is 0.461 e. The second-order valence-electron chi connectivity index (χ2n) is 13.1. The molecule has 0 amide bonds. The van der Waals surface area contributed by atoms with Gasteiger partial charge in [0.25, 0.3) is 0 Å². The number of terminal acetylenes is 1. The Balaban J connectivity index is 1.33. The lowest BCUT2D eigenvalue weighted by atomic mass is 9.95. The molecule has 1 aliphatic carbocycles. The van der Waals surface area contributed by atoms with E-state index in [0.29, 0.717) is 38.8 Å². The minimum atomic E-state index is -2.48. The van der Waals surface area contributed by atoms with Crippen molar-refractivity contribution in [2.75, 3.05) is 36.8 Å². The second-order valence-corrected chi connectivity index (χ2v) is 13.1. The Morgan fingerprint density at radius 3 is 2.77 bits per heavy atom. The Hall–Kier alpha value is -4.24. The molecule has 3 saturated heterocycles. The number of rotatable bonds is 5. The van der Waals surface area contributed by atoms with Gasteiger partial charge in [-0.25, -0.2) is 22.0 Å². The fraction of sp³-hybridized carbons (Fsp3) is 0.457. The molecule has 5 atom stereocenters. The molecule has 0 bridgehead atoms. The molecule has 2 N–H and O–H groups in total. The van der Waals surface area contributed by atoms with Crippen LogP contribution in [0.3, 0.4) is 0 Å². The number of aromatic nitrogens is 3. The molecule has 8 rings (SSSR count). The number of hydrogen-bond donors (Lipinski definition) is 1. The topological polar surface area (TPSA) is 80.4 Å². The molecule has 7 nitrogen and oxygen atoms in total. The van der Waals surface area contributed by atoms with Crippen molar-refractivity contribution in [1.82, 2.24) is 19.9 Å². The summed E-state index contributed by atoms with van der Waals surface area (Å²) in [6.45, 7) is -1.50. The lowest BCUT2D eigenvalue weighted by Gasteiger charge is -2.31. The number of nitrogens with zero attached hydrogens (tertiary/aromatic N) is 5. The Bertz CT molecular complexity index is 2060. The number of benzene rings is 2. The fourth-order valence-corrected chi connectivity index (χ4v) is 7.99. The number of pyridine rings is 1. The number of anilines is 2. The average molecular weight is 651 g/mol. The van der Waals surface area contributed by atoms with Gasteiger partial charge in [0, 0.05) is 48.3 Å². The Morgan fingerprint density at radius 2 is 1.94 bits per heavy atom. The maximum atomic E-state index is 17.0. The quantitative estimate of drug-likeness (QED) is 0.150. The highest BCUT2D eigenvalue weighted by Crippen LogP contribution is 2.48. The van der Waals surface area contributed by atoms with Gasteiger partial charge in [-0.15, -0.1) is 6.42 Å². The summed E-state index contributed by atoms with van der Waals surface area (Å²) in [4.78, 5) is 16.8. The van der Waals surface area contributed by atoms with E-state index >= 15 is 8.78 Å². The highest BCUT2D eigenvalue weighted by Gasteiger charge is 2.55. The van der Waals surface area contributed by atoms with Gasteiger partial charge in [-0.2, -0.15) is 9.97 Å².